The first-order valence-corrected chi connectivity index (χ1v) is 6.92. The zero-order valence-corrected chi connectivity index (χ0v) is 13.3. The van der Waals surface area contributed by atoms with Crippen LogP contribution in [0.1, 0.15) is 26.7 Å². The molecule has 1 aromatic carbocycles. The maximum atomic E-state index is 13.7. The molecule has 0 aliphatic carbocycles. The molecule has 1 heterocycles. The maximum absolute atomic E-state index is 13.7. The van der Waals surface area contributed by atoms with Gasteiger partial charge in [0.1, 0.15) is 12.1 Å². The van der Waals surface area contributed by atoms with E-state index in [0.29, 0.717) is 5.56 Å². The monoisotopic (exact) mass is 323 g/mol. The zero-order valence-electron chi connectivity index (χ0n) is 13.3. The van der Waals surface area contributed by atoms with Crippen LogP contribution in [0.5, 0.6) is 5.75 Å². The highest BCUT2D eigenvalue weighted by atomic mass is 19.1. The number of rotatable bonds is 4. The Hall–Kier alpha value is -2.64. The topological polar surface area (TPSA) is 86.5 Å². The van der Waals surface area contributed by atoms with Gasteiger partial charge in [0.2, 0.25) is 11.7 Å². The average molecular weight is 323 g/mol. The first kappa shape index (κ1) is 16.7. The summed E-state index contributed by atoms with van der Waals surface area (Å²) < 4.78 is 28.6. The molecule has 23 heavy (non-hydrogen) atoms. The second-order valence-electron chi connectivity index (χ2n) is 5.72. The van der Waals surface area contributed by atoms with Gasteiger partial charge < -0.3 is 19.3 Å². The quantitative estimate of drug-likeness (QED) is 0.931. The SMILES string of the molecule is COc1ccc(-c2noc(CNC(=O)OC(C)(C)C)n2)cc1F. The van der Waals surface area contributed by atoms with Gasteiger partial charge >= 0.3 is 6.09 Å². The number of methoxy groups -OCH3 is 1. The smallest absolute Gasteiger partial charge is 0.408 e. The van der Waals surface area contributed by atoms with Crippen molar-refractivity contribution in [2.24, 2.45) is 0 Å². The van der Waals surface area contributed by atoms with Crippen molar-refractivity contribution in [3.8, 4) is 17.1 Å². The molecule has 1 amide bonds. The molecule has 0 aliphatic heterocycles. The lowest BCUT2D eigenvalue weighted by Gasteiger charge is -2.19. The van der Waals surface area contributed by atoms with Crippen LogP contribution in [0.25, 0.3) is 11.4 Å². The molecule has 0 spiro atoms. The summed E-state index contributed by atoms with van der Waals surface area (Å²) in [6, 6.07) is 4.33. The number of carbonyl (C=O) groups is 1. The van der Waals surface area contributed by atoms with Gasteiger partial charge in [0.25, 0.3) is 0 Å². The number of hydrogen-bond acceptors (Lipinski definition) is 6. The lowest BCUT2D eigenvalue weighted by molar-refractivity contribution is 0.0518. The Balaban J connectivity index is 2.01. The van der Waals surface area contributed by atoms with Gasteiger partial charge in [-0.25, -0.2) is 9.18 Å². The van der Waals surface area contributed by atoms with Crippen LogP contribution in [0.2, 0.25) is 0 Å². The Morgan fingerprint density at radius 1 is 1.39 bits per heavy atom. The van der Waals surface area contributed by atoms with Gasteiger partial charge in [-0.2, -0.15) is 4.98 Å². The number of benzene rings is 1. The molecule has 0 unspecified atom stereocenters. The molecule has 8 heteroatoms. The van der Waals surface area contributed by atoms with Crippen molar-refractivity contribution in [2.45, 2.75) is 32.9 Å². The van der Waals surface area contributed by atoms with E-state index >= 15 is 0 Å². The van der Waals surface area contributed by atoms with E-state index in [4.69, 9.17) is 14.0 Å². The van der Waals surface area contributed by atoms with Crippen LogP contribution >= 0.6 is 0 Å². The van der Waals surface area contributed by atoms with Crippen molar-refractivity contribution in [1.82, 2.24) is 15.5 Å². The van der Waals surface area contributed by atoms with Crippen LogP contribution < -0.4 is 10.1 Å². The van der Waals surface area contributed by atoms with Gasteiger partial charge in [-0.3, -0.25) is 0 Å². The lowest BCUT2D eigenvalue weighted by atomic mass is 10.2. The molecule has 2 aromatic rings. The van der Waals surface area contributed by atoms with E-state index in [-0.39, 0.29) is 24.0 Å². The van der Waals surface area contributed by atoms with Crippen LogP contribution in [0.4, 0.5) is 9.18 Å². The average Bonchev–Trinajstić information content (AvgIpc) is 2.92. The third kappa shape index (κ3) is 4.67. The first-order valence-electron chi connectivity index (χ1n) is 6.92. The van der Waals surface area contributed by atoms with Crippen LogP contribution in [0.3, 0.4) is 0 Å². The molecular formula is C15H18FN3O4. The first-order chi connectivity index (χ1) is 10.8. The van der Waals surface area contributed by atoms with Gasteiger partial charge in [-0.1, -0.05) is 5.16 Å². The van der Waals surface area contributed by atoms with Crippen molar-refractivity contribution < 1.29 is 23.2 Å². The number of amides is 1. The largest absolute Gasteiger partial charge is 0.494 e. The number of nitrogens with one attached hydrogen (secondary N) is 1. The van der Waals surface area contributed by atoms with Gasteiger partial charge in [0.05, 0.1) is 7.11 Å². The molecule has 0 saturated heterocycles. The molecule has 124 valence electrons. The second-order valence-corrected chi connectivity index (χ2v) is 5.72. The highest BCUT2D eigenvalue weighted by Gasteiger charge is 2.17. The summed E-state index contributed by atoms with van der Waals surface area (Å²) in [5, 5.41) is 6.25. The lowest BCUT2D eigenvalue weighted by Crippen LogP contribution is -2.32. The molecule has 1 aromatic heterocycles. The Labute approximate surface area is 132 Å². The minimum absolute atomic E-state index is 0.0144. The van der Waals surface area contributed by atoms with E-state index in [9.17, 15) is 9.18 Å². The van der Waals surface area contributed by atoms with Gasteiger partial charge in [-0.15, -0.1) is 0 Å². The molecule has 0 aliphatic rings. The standard InChI is InChI=1S/C15H18FN3O4/c1-15(2,3)22-14(20)17-8-12-18-13(19-23-12)9-5-6-11(21-4)10(16)7-9/h5-7H,8H2,1-4H3,(H,17,20). The van der Waals surface area contributed by atoms with Crippen molar-refractivity contribution in [3.63, 3.8) is 0 Å². The number of alkyl carbamates (subject to hydrolysis) is 1. The number of carbonyl (C=O) groups excluding carboxylic acids is 1. The van der Waals surface area contributed by atoms with E-state index in [1.165, 1.54) is 19.2 Å². The fraction of sp³-hybridized carbons (Fsp3) is 0.400. The van der Waals surface area contributed by atoms with Crippen LogP contribution in [0.15, 0.2) is 22.7 Å². The minimum atomic E-state index is -0.593. The Kier molecular flexibility index (Phi) is 4.83. The van der Waals surface area contributed by atoms with Gasteiger partial charge in [0.15, 0.2) is 11.6 Å². The normalized spacial score (nSPS) is 11.2. The number of hydrogen-bond donors (Lipinski definition) is 1. The third-order valence-electron chi connectivity index (χ3n) is 2.66. The minimum Gasteiger partial charge on any atom is -0.494 e. The van der Waals surface area contributed by atoms with E-state index < -0.39 is 17.5 Å². The van der Waals surface area contributed by atoms with Crippen molar-refractivity contribution in [2.75, 3.05) is 7.11 Å². The second kappa shape index (κ2) is 6.64. The zero-order chi connectivity index (χ0) is 17.0. The van der Waals surface area contributed by atoms with Crippen molar-refractivity contribution in [1.29, 1.82) is 0 Å². The molecule has 0 bridgehead atoms. The molecule has 0 atom stereocenters. The molecule has 0 fully saturated rings. The third-order valence-corrected chi connectivity index (χ3v) is 2.66. The molecule has 0 radical (unpaired) electrons. The van der Waals surface area contributed by atoms with E-state index in [1.807, 2.05) is 0 Å². The molecule has 0 saturated carbocycles. The number of nitrogens with zero attached hydrogens (tertiary/aromatic N) is 2. The van der Waals surface area contributed by atoms with Gasteiger partial charge in [-0.05, 0) is 39.0 Å². The Bertz CT molecular complexity index is 694. The number of ether oxygens (including phenoxy) is 2. The Morgan fingerprint density at radius 2 is 2.13 bits per heavy atom. The van der Waals surface area contributed by atoms with Crippen LogP contribution in [-0.4, -0.2) is 28.9 Å². The molecule has 7 nitrogen and oxygen atoms in total. The van der Waals surface area contributed by atoms with Crippen molar-refractivity contribution >= 4 is 6.09 Å². The maximum Gasteiger partial charge on any atom is 0.408 e. The predicted molar refractivity (Wildman–Crippen MR) is 79.3 cm³/mol. The Morgan fingerprint density at radius 3 is 2.74 bits per heavy atom. The summed E-state index contributed by atoms with van der Waals surface area (Å²) in [4.78, 5) is 15.6. The number of halogens is 1. The van der Waals surface area contributed by atoms with E-state index in [1.54, 1.807) is 26.8 Å². The summed E-state index contributed by atoms with van der Waals surface area (Å²) in [5.74, 6) is 0.00178. The van der Waals surface area contributed by atoms with Gasteiger partial charge in [0, 0.05) is 5.56 Å². The highest BCUT2D eigenvalue weighted by molar-refractivity contribution is 5.67. The predicted octanol–water partition coefficient (Wildman–Crippen LogP) is 2.91. The molecule has 2 rings (SSSR count). The number of aromatic nitrogens is 2. The molecular weight excluding hydrogens is 305 g/mol. The highest BCUT2D eigenvalue weighted by Crippen LogP contribution is 2.23. The summed E-state index contributed by atoms with van der Waals surface area (Å²) in [6.45, 7) is 5.29. The summed E-state index contributed by atoms with van der Waals surface area (Å²) in [5.41, 5.74) is -0.152. The fourth-order valence-electron chi connectivity index (χ4n) is 1.71. The van der Waals surface area contributed by atoms with E-state index in [0.717, 1.165) is 0 Å². The van der Waals surface area contributed by atoms with Crippen LogP contribution in [-0.2, 0) is 11.3 Å². The van der Waals surface area contributed by atoms with Crippen LogP contribution in [0, 0.1) is 5.82 Å². The summed E-state index contributed by atoms with van der Waals surface area (Å²) in [7, 11) is 1.38. The van der Waals surface area contributed by atoms with Crippen molar-refractivity contribution in [3.05, 3.63) is 29.9 Å². The fourth-order valence-corrected chi connectivity index (χ4v) is 1.71. The molecule has 1 N–H and O–H groups in total. The summed E-state index contributed by atoms with van der Waals surface area (Å²) in [6.07, 6.45) is -0.590. The van der Waals surface area contributed by atoms with E-state index in [2.05, 4.69) is 15.5 Å². The summed E-state index contributed by atoms with van der Waals surface area (Å²) >= 11 is 0.